The zero-order chi connectivity index (χ0) is 32.5. The molecule has 0 aliphatic carbocycles. The maximum absolute atomic E-state index is 13.6. The Labute approximate surface area is 247 Å². The van der Waals surface area contributed by atoms with E-state index in [1.165, 1.54) is 25.3 Å². The Bertz CT molecular complexity index is 1610. The highest BCUT2D eigenvalue weighted by Gasteiger charge is 2.46. The van der Waals surface area contributed by atoms with E-state index in [0.29, 0.717) is 0 Å². The number of aliphatic hydroxyl groups excluding tert-OH is 3. The molecule has 1 aliphatic heterocycles. The number of phenols is 3. The van der Waals surface area contributed by atoms with Gasteiger partial charge in [-0.2, -0.15) is 0 Å². The highest BCUT2D eigenvalue weighted by atomic mass is 16.7. The van der Waals surface area contributed by atoms with Crippen molar-refractivity contribution in [1.29, 1.82) is 0 Å². The number of methoxy groups -OCH3 is 1. The van der Waals surface area contributed by atoms with Gasteiger partial charge in [-0.1, -0.05) is 0 Å². The molecule has 0 saturated carbocycles. The topological polar surface area (TPSA) is 263 Å². The molecule has 1 aromatic heterocycles. The Balaban J connectivity index is 1.68. The van der Waals surface area contributed by atoms with Crippen LogP contribution in [0.1, 0.15) is 19.8 Å². The summed E-state index contributed by atoms with van der Waals surface area (Å²) in [6.45, 7) is 0.356. The number of aliphatic hydroxyl groups is 4. The number of esters is 1. The van der Waals surface area contributed by atoms with Gasteiger partial charge in [-0.3, -0.25) is 14.4 Å². The van der Waals surface area contributed by atoms with Gasteiger partial charge in [0.1, 0.15) is 53.5 Å². The van der Waals surface area contributed by atoms with Crippen LogP contribution in [-0.2, 0) is 19.1 Å². The summed E-state index contributed by atoms with van der Waals surface area (Å²) in [6, 6.07) is 5.72. The molecule has 1 aliphatic rings. The number of hydrogen-bond acceptors (Lipinski definition) is 15. The lowest BCUT2D eigenvalue weighted by Gasteiger charge is -2.39. The fourth-order valence-corrected chi connectivity index (χ4v) is 4.58. The quantitative estimate of drug-likeness (QED) is 0.138. The summed E-state index contributed by atoms with van der Waals surface area (Å²) in [4.78, 5) is 36.7. The van der Waals surface area contributed by atoms with Gasteiger partial charge in [-0.15, -0.1) is 0 Å². The summed E-state index contributed by atoms with van der Waals surface area (Å²) >= 11 is 0. The van der Waals surface area contributed by atoms with E-state index in [1.807, 2.05) is 0 Å². The summed E-state index contributed by atoms with van der Waals surface area (Å²) in [5.41, 5.74) is -3.14. The molecule has 6 atom stereocenters. The van der Waals surface area contributed by atoms with Crippen LogP contribution in [0.4, 0.5) is 0 Å². The van der Waals surface area contributed by atoms with Crippen LogP contribution in [0.15, 0.2) is 39.5 Å². The first-order valence-electron chi connectivity index (χ1n) is 13.0. The van der Waals surface area contributed by atoms with Crippen molar-refractivity contribution >= 4 is 22.9 Å². The molecule has 0 bridgehead atoms. The van der Waals surface area contributed by atoms with Crippen LogP contribution in [0.5, 0.6) is 28.7 Å². The van der Waals surface area contributed by atoms with E-state index in [-0.39, 0.29) is 28.4 Å². The van der Waals surface area contributed by atoms with Gasteiger partial charge >= 0.3 is 11.9 Å². The van der Waals surface area contributed by atoms with Gasteiger partial charge in [0.15, 0.2) is 17.3 Å². The minimum atomic E-state index is -1.99. The summed E-state index contributed by atoms with van der Waals surface area (Å²) in [5.74, 6) is -4.86. The first-order chi connectivity index (χ1) is 20.6. The van der Waals surface area contributed by atoms with Gasteiger partial charge in [0, 0.05) is 17.7 Å². The number of aliphatic carboxylic acids is 1. The van der Waals surface area contributed by atoms with Crippen molar-refractivity contribution in [3.05, 3.63) is 40.6 Å². The number of fused-ring (bicyclic) bond motifs is 1. The molecule has 1 saturated heterocycles. The molecule has 8 N–H and O–H groups in total. The van der Waals surface area contributed by atoms with E-state index >= 15 is 0 Å². The number of carbonyl (C=O) groups is 2. The largest absolute Gasteiger partial charge is 0.508 e. The maximum Gasteiger partial charge on any atom is 0.308 e. The predicted octanol–water partition coefficient (Wildman–Crippen LogP) is -0.0692. The normalized spacial score (nSPS) is 23.1. The lowest BCUT2D eigenvalue weighted by Crippen LogP contribution is -2.60. The average Bonchev–Trinajstić information content (AvgIpc) is 2.92. The molecular formula is C28H30O16. The van der Waals surface area contributed by atoms with Gasteiger partial charge in [0.2, 0.25) is 17.5 Å². The van der Waals surface area contributed by atoms with Gasteiger partial charge in [0.05, 0.1) is 25.6 Å². The molecule has 2 aromatic carbocycles. The number of aromatic hydroxyl groups is 3. The fourth-order valence-electron chi connectivity index (χ4n) is 4.58. The Hall–Kier alpha value is -4.61. The predicted molar refractivity (Wildman–Crippen MR) is 145 cm³/mol. The molecule has 238 valence electrons. The number of hydrogen-bond donors (Lipinski definition) is 8. The monoisotopic (exact) mass is 622 g/mol. The first kappa shape index (κ1) is 32.3. The second-order valence-electron chi connectivity index (χ2n) is 10.4. The van der Waals surface area contributed by atoms with Gasteiger partial charge in [-0.25, -0.2) is 0 Å². The van der Waals surface area contributed by atoms with Crippen LogP contribution in [0.3, 0.4) is 0 Å². The zero-order valence-corrected chi connectivity index (χ0v) is 23.2. The lowest BCUT2D eigenvalue weighted by molar-refractivity contribution is -0.278. The highest BCUT2D eigenvalue weighted by molar-refractivity contribution is 5.88. The van der Waals surface area contributed by atoms with Crippen molar-refractivity contribution in [3.63, 3.8) is 0 Å². The molecular weight excluding hydrogens is 592 g/mol. The number of carboxylic acids is 1. The Morgan fingerprint density at radius 2 is 1.68 bits per heavy atom. The smallest absolute Gasteiger partial charge is 0.308 e. The molecule has 2 heterocycles. The molecule has 1 fully saturated rings. The number of ether oxygens (including phenoxy) is 4. The maximum atomic E-state index is 13.6. The summed E-state index contributed by atoms with van der Waals surface area (Å²) in [7, 11) is 1.27. The van der Waals surface area contributed by atoms with Crippen molar-refractivity contribution in [2.45, 2.75) is 56.1 Å². The molecule has 16 nitrogen and oxygen atoms in total. The van der Waals surface area contributed by atoms with Crippen LogP contribution in [0, 0.1) is 0 Å². The van der Waals surface area contributed by atoms with Crippen LogP contribution in [0.2, 0.25) is 0 Å². The molecule has 3 aromatic rings. The summed E-state index contributed by atoms with van der Waals surface area (Å²) < 4.78 is 27.1. The minimum Gasteiger partial charge on any atom is -0.508 e. The second kappa shape index (κ2) is 12.6. The van der Waals surface area contributed by atoms with E-state index in [4.69, 9.17) is 28.5 Å². The van der Waals surface area contributed by atoms with Gasteiger partial charge < -0.3 is 64.2 Å². The van der Waals surface area contributed by atoms with E-state index in [2.05, 4.69) is 0 Å². The number of rotatable bonds is 10. The summed E-state index contributed by atoms with van der Waals surface area (Å²) in [5, 5.41) is 80.5. The molecule has 0 spiro atoms. The van der Waals surface area contributed by atoms with Gasteiger partial charge in [-0.05, 0) is 25.1 Å². The van der Waals surface area contributed by atoms with Crippen molar-refractivity contribution in [1.82, 2.24) is 0 Å². The standard InChI is InChI=1S/C28H30O16/c1-28(39,8-18(32)33)9-19(34)41-10-17-21(35)23(37)24(38)27(43-17)44-26-22(36)20-14(31)6-12(29)7-16(20)42-25(26)11-3-4-13(30)15(5-11)40-2/h3-7,17,21,23-24,27,29-31,35,37-39H,8-10H2,1-2H3,(H,32,33)/t17-,21+,23+,24-,27+,28-/m0/s1. The lowest BCUT2D eigenvalue weighted by atomic mass is 9.98. The molecule has 44 heavy (non-hydrogen) atoms. The molecule has 0 amide bonds. The third-order valence-corrected chi connectivity index (χ3v) is 6.73. The minimum absolute atomic E-state index is 0.0355. The SMILES string of the molecule is COc1cc(-c2oc3cc(O)cc(O)c3c(=O)c2O[C@H]2O[C@@H](COC(=O)C[C@@](C)(O)CC(=O)O)[C@@H](O)[C@@H](O)[C@@H]2O)ccc1O. The Morgan fingerprint density at radius 3 is 2.34 bits per heavy atom. The number of phenolic OH excluding ortho intramolecular Hbond substituents is 3. The second-order valence-corrected chi connectivity index (χ2v) is 10.4. The Kier molecular flexibility index (Phi) is 9.22. The van der Waals surface area contributed by atoms with Crippen molar-refractivity contribution in [2.75, 3.05) is 13.7 Å². The Morgan fingerprint density at radius 1 is 0.977 bits per heavy atom. The molecule has 0 radical (unpaired) electrons. The van der Waals surface area contributed by atoms with Crippen molar-refractivity contribution in [2.24, 2.45) is 0 Å². The molecule has 16 heteroatoms. The van der Waals surface area contributed by atoms with Crippen LogP contribution in [0.25, 0.3) is 22.3 Å². The average molecular weight is 623 g/mol. The number of benzene rings is 2. The van der Waals surface area contributed by atoms with Crippen LogP contribution in [-0.4, -0.2) is 103 Å². The van der Waals surface area contributed by atoms with Crippen LogP contribution >= 0.6 is 0 Å². The molecule has 0 unspecified atom stereocenters. The van der Waals surface area contributed by atoms with E-state index in [9.17, 15) is 50.1 Å². The number of carbonyl (C=O) groups excluding carboxylic acids is 1. The van der Waals surface area contributed by atoms with Crippen molar-refractivity contribution in [3.8, 4) is 40.1 Å². The molecule has 4 rings (SSSR count). The third kappa shape index (κ3) is 6.79. The third-order valence-electron chi connectivity index (χ3n) is 6.73. The van der Waals surface area contributed by atoms with Gasteiger partial charge in [0.25, 0.3) is 0 Å². The van der Waals surface area contributed by atoms with Crippen LogP contribution < -0.4 is 14.9 Å². The van der Waals surface area contributed by atoms with E-state index in [1.54, 1.807) is 0 Å². The van der Waals surface area contributed by atoms with E-state index < -0.39 is 95.8 Å². The highest BCUT2D eigenvalue weighted by Crippen LogP contribution is 2.39. The number of carboxylic acid groups (broad SMARTS) is 1. The fraction of sp³-hybridized carbons (Fsp3) is 0.393. The first-order valence-corrected chi connectivity index (χ1v) is 13.0. The van der Waals surface area contributed by atoms with Crippen molar-refractivity contribution < 1.29 is 73.8 Å². The zero-order valence-electron chi connectivity index (χ0n) is 23.2. The van der Waals surface area contributed by atoms with E-state index in [0.717, 1.165) is 19.1 Å². The summed E-state index contributed by atoms with van der Waals surface area (Å²) in [6.07, 6.45) is -10.7.